The Morgan fingerprint density at radius 2 is 2.14 bits per heavy atom. The van der Waals surface area contributed by atoms with Crippen LogP contribution in [0.15, 0.2) is 17.0 Å². The number of ether oxygens (including phenoxy) is 1. The van der Waals surface area contributed by atoms with Gasteiger partial charge in [-0.05, 0) is 48.9 Å². The van der Waals surface area contributed by atoms with E-state index in [2.05, 4.69) is 4.72 Å². The van der Waals surface area contributed by atoms with Gasteiger partial charge >= 0.3 is 0 Å². The molecule has 0 spiro atoms. The molecule has 7 heteroatoms. The number of benzene rings is 1. The summed E-state index contributed by atoms with van der Waals surface area (Å²) in [6, 6.07) is 3.14. The fourth-order valence-electron chi connectivity index (χ4n) is 2.06. The summed E-state index contributed by atoms with van der Waals surface area (Å²) in [5, 5.41) is 0.367. The van der Waals surface area contributed by atoms with Crippen molar-refractivity contribution in [1.82, 2.24) is 4.72 Å². The number of nitrogens with two attached hydrogens (primary N) is 1. The van der Waals surface area contributed by atoms with Crippen molar-refractivity contribution in [2.24, 2.45) is 11.7 Å². The SMILES string of the molecule is Cc1c(CN)cc(Cl)cc1S(=O)(=O)NCCOCC1CC1. The highest BCUT2D eigenvalue weighted by Crippen LogP contribution is 2.28. The fourth-order valence-corrected chi connectivity index (χ4v) is 3.69. The molecule has 1 aromatic carbocycles. The lowest BCUT2D eigenvalue weighted by atomic mass is 10.1. The molecule has 0 radical (unpaired) electrons. The third-order valence-electron chi connectivity index (χ3n) is 3.53. The predicted octanol–water partition coefficient (Wildman–Crippen LogP) is 1.81. The van der Waals surface area contributed by atoms with Gasteiger partial charge in [0.05, 0.1) is 11.5 Å². The van der Waals surface area contributed by atoms with Crippen LogP contribution in [0, 0.1) is 12.8 Å². The molecule has 118 valence electrons. The summed E-state index contributed by atoms with van der Waals surface area (Å²) in [6.07, 6.45) is 2.44. The van der Waals surface area contributed by atoms with Crippen molar-refractivity contribution in [1.29, 1.82) is 0 Å². The Morgan fingerprint density at radius 1 is 1.43 bits per heavy atom. The average Bonchev–Trinajstić information content (AvgIpc) is 3.24. The van der Waals surface area contributed by atoms with Crippen LogP contribution < -0.4 is 10.5 Å². The molecule has 5 nitrogen and oxygen atoms in total. The monoisotopic (exact) mass is 332 g/mol. The van der Waals surface area contributed by atoms with Crippen molar-refractivity contribution in [2.75, 3.05) is 19.8 Å². The van der Waals surface area contributed by atoms with E-state index in [-0.39, 0.29) is 18.0 Å². The summed E-state index contributed by atoms with van der Waals surface area (Å²) in [7, 11) is -3.60. The molecule has 0 bridgehead atoms. The highest BCUT2D eigenvalue weighted by molar-refractivity contribution is 7.89. The molecule has 0 aromatic heterocycles. The van der Waals surface area contributed by atoms with Crippen LogP contribution in [0.5, 0.6) is 0 Å². The van der Waals surface area contributed by atoms with E-state index in [4.69, 9.17) is 22.1 Å². The van der Waals surface area contributed by atoms with Crippen molar-refractivity contribution in [3.8, 4) is 0 Å². The van der Waals surface area contributed by atoms with Gasteiger partial charge in [-0.15, -0.1) is 0 Å². The summed E-state index contributed by atoms with van der Waals surface area (Å²) in [5.74, 6) is 0.670. The molecule has 0 aliphatic heterocycles. The first kappa shape index (κ1) is 16.7. The standard InChI is InChI=1S/C14H21ClN2O3S/c1-10-12(8-16)6-13(15)7-14(10)21(18,19)17-4-5-20-9-11-2-3-11/h6-7,11,17H,2-5,8-9,16H2,1H3. The summed E-state index contributed by atoms with van der Waals surface area (Å²) in [5.41, 5.74) is 6.97. The number of hydrogen-bond acceptors (Lipinski definition) is 4. The van der Waals surface area contributed by atoms with E-state index in [0.717, 1.165) is 12.2 Å². The summed E-state index contributed by atoms with van der Waals surface area (Å²) >= 11 is 5.96. The van der Waals surface area contributed by atoms with Gasteiger partial charge in [0, 0.05) is 24.7 Å². The predicted molar refractivity (Wildman–Crippen MR) is 82.8 cm³/mol. The Labute approximate surface area is 130 Å². The van der Waals surface area contributed by atoms with E-state index >= 15 is 0 Å². The van der Waals surface area contributed by atoms with Crippen LogP contribution in [0.1, 0.15) is 24.0 Å². The summed E-state index contributed by atoms with van der Waals surface area (Å²) in [6.45, 7) is 3.32. The van der Waals surface area contributed by atoms with Crippen LogP contribution in [0.25, 0.3) is 0 Å². The number of sulfonamides is 1. The molecule has 0 atom stereocenters. The molecular weight excluding hydrogens is 312 g/mol. The first-order chi connectivity index (χ1) is 9.94. The van der Waals surface area contributed by atoms with Crippen LogP contribution >= 0.6 is 11.6 Å². The maximum Gasteiger partial charge on any atom is 0.240 e. The quantitative estimate of drug-likeness (QED) is 0.711. The number of rotatable bonds is 8. The van der Waals surface area contributed by atoms with Crippen molar-refractivity contribution in [3.05, 3.63) is 28.3 Å². The second-order valence-electron chi connectivity index (χ2n) is 5.31. The lowest BCUT2D eigenvalue weighted by Crippen LogP contribution is -2.28. The Bertz CT molecular complexity index is 600. The van der Waals surface area contributed by atoms with Gasteiger partial charge in [-0.3, -0.25) is 0 Å². The Balaban J connectivity index is 1.99. The van der Waals surface area contributed by atoms with E-state index in [1.165, 1.54) is 18.9 Å². The topological polar surface area (TPSA) is 81.4 Å². The molecule has 21 heavy (non-hydrogen) atoms. The zero-order valence-electron chi connectivity index (χ0n) is 12.1. The molecular formula is C14H21ClN2O3S. The minimum absolute atomic E-state index is 0.178. The van der Waals surface area contributed by atoms with Crippen LogP contribution in [-0.4, -0.2) is 28.2 Å². The van der Waals surface area contributed by atoms with Gasteiger partial charge < -0.3 is 10.5 Å². The molecule has 0 unspecified atom stereocenters. The van der Waals surface area contributed by atoms with E-state index in [0.29, 0.717) is 23.1 Å². The maximum atomic E-state index is 12.3. The van der Waals surface area contributed by atoms with Crippen LogP contribution in [0.3, 0.4) is 0 Å². The number of nitrogens with one attached hydrogen (secondary N) is 1. The smallest absolute Gasteiger partial charge is 0.240 e. The largest absolute Gasteiger partial charge is 0.380 e. The maximum absolute atomic E-state index is 12.3. The molecule has 0 heterocycles. The van der Waals surface area contributed by atoms with Crippen molar-refractivity contribution in [3.63, 3.8) is 0 Å². The zero-order chi connectivity index (χ0) is 15.5. The fraction of sp³-hybridized carbons (Fsp3) is 0.571. The molecule has 0 saturated heterocycles. The molecule has 3 N–H and O–H groups in total. The Morgan fingerprint density at radius 3 is 2.76 bits per heavy atom. The molecule has 2 rings (SSSR count). The van der Waals surface area contributed by atoms with E-state index < -0.39 is 10.0 Å². The van der Waals surface area contributed by atoms with Crippen molar-refractivity contribution in [2.45, 2.75) is 31.2 Å². The second kappa shape index (κ2) is 7.07. The Kier molecular flexibility index (Phi) is 5.62. The summed E-state index contributed by atoms with van der Waals surface area (Å²) < 4.78 is 32.6. The van der Waals surface area contributed by atoms with Crippen LogP contribution in [0.2, 0.25) is 5.02 Å². The van der Waals surface area contributed by atoms with Gasteiger partial charge in [0.25, 0.3) is 0 Å². The number of hydrogen-bond donors (Lipinski definition) is 2. The molecule has 1 aliphatic rings. The zero-order valence-corrected chi connectivity index (χ0v) is 13.6. The van der Waals surface area contributed by atoms with Crippen molar-refractivity contribution < 1.29 is 13.2 Å². The van der Waals surface area contributed by atoms with Gasteiger partial charge in [0.2, 0.25) is 10.0 Å². The molecule has 0 amide bonds. The highest BCUT2D eigenvalue weighted by atomic mass is 35.5. The minimum atomic E-state index is -3.60. The van der Waals surface area contributed by atoms with Gasteiger partial charge in [-0.25, -0.2) is 13.1 Å². The Hall–Kier alpha value is -0.660. The van der Waals surface area contributed by atoms with E-state index in [1.807, 2.05) is 0 Å². The highest BCUT2D eigenvalue weighted by Gasteiger charge is 2.22. The van der Waals surface area contributed by atoms with Gasteiger partial charge in [-0.1, -0.05) is 11.6 Å². The van der Waals surface area contributed by atoms with Gasteiger partial charge in [0.15, 0.2) is 0 Å². The molecule has 1 fully saturated rings. The average molecular weight is 333 g/mol. The minimum Gasteiger partial charge on any atom is -0.380 e. The summed E-state index contributed by atoms with van der Waals surface area (Å²) in [4.78, 5) is 0.178. The van der Waals surface area contributed by atoms with Gasteiger partial charge in [-0.2, -0.15) is 0 Å². The third kappa shape index (κ3) is 4.66. The van der Waals surface area contributed by atoms with Crippen LogP contribution in [-0.2, 0) is 21.3 Å². The normalized spacial score (nSPS) is 15.4. The first-order valence-corrected chi connectivity index (χ1v) is 8.86. The van der Waals surface area contributed by atoms with E-state index in [9.17, 15) is 8.42 Å². The van der Waals surface area contributed by atoms with Crippen LogP contribution in [0.4, 0.5) is 0 Å². The van der Waals surface area contributed by atoms with Crippen molar-refractivity contribution >= 4 is 21.6 Å². The van der Waals surface area contributed by atoms with Gasteiger partial charge in [0.1, 0.15) is 0 Å². The third-order valence-corrected chi connectivity index (χ3v) is 5.34. The first-order valence-electron chi connectivity index (χ1n) is 7.00. The molecule has 1 saturated carbocycles. The second-order valence-corrected chi connectivity index (χ2v) is 7.48. The molecule has 1 aromatic rings. The number of halogens is 1. The lowest BCUT2D eigenvalue weighted by Gasteiger charge is -2.13. The lowest BCUT2D eigenvalue weighted by molar-refractivity contribution is 0.129. The molecule has 1 aliphatic carbocycles. The van der Waals surface area contributed by atoms with E-state index in [1.54, 1.807) is 13.0 Å².